The zero-order valence-corrected chi connectivity index (χ0v) is 15.0. The van der Waals surface area contributed by atoms with E-state index in [9.17, 15) is 4.79 Å². The van der Waals surface area contributed by atoms with Crippen molar-refractivity contribution in [2.24, 2.45) is 0 Å². The Morgan fingerprint density at radius 3 is 2.64 bits per heavy atom. The van der Waals surface area contributed by atoms with Crippen molar-refractivity contribution in [3.8, 4) is 5.69 Å². The average molecular weight is 370 g/mol. The van der Waals surface area contributed by atoms with Gasteiger partial charge in [-0.3, -0.25) is 4.79 Å². The molecule has 1 atom stereocenters. The molecule has 1 N–H and O–H groups in total. The smallest absolute Gasteiger partial charge is 0.258 e. The van der Waals surface area contributed by atoms with Crippen LogP contribution in [0, 0.1) is 0 Å². The summed E-state index contributed by atoms with van der Waals surface area (Å²) in [5.41, 5.74) is 3.34. The summed E-state index contributed by atoms with van der Waals surface area (Å²) >= 11 is 0. The number of rotatable bonds is 4. The number of aromatic nitrogens is 2. The fourth-order valence-electron chi connectivity index (χ4n) is 3.49. The molecular weight excluding hydrogens is 352 g/mol. The highest BCUT2D eigenvalue weighted by atomic mass is 16.3. The van der Waals surface area contributed by atoms with Crippen molar-refractivity contribution in [1.29, 1.82) is 0 Å². The first-order valence-electron chi connectivity index (χ1n) is 9.08. The van der Waals surface area contributed by atoms with E-state index in [4.69, 9.17) is 4.42 Å². The summed E-state index contributed by atoms with van der Waals surface area (Å²) in [6.45, 7) is 0.369. The molecule has 0 saturated heterocycles. The summed E-state index contributed by atoms with van der Waals surface area (Å²) < 4.78 is 7.30. The minimum atomic E-state index is -0.343. The van der Waals surface area contributed by atoms with E-state index in [0.717, 1.165) is 22.7 Å². The number of para-hydroxylation sites is 2. The van der Waals surface area contributed by atoms with Crippen LogP contribution in [0.3, 0.4) is 0 Å². The van der Waals surface area contributed by atoms with Gasteiger partial charge in [0.05, 0.1) is 30.3 Å². The molecule has 0 unspecified atom stereocenters. The highest BCUT2D eigenvalue weighted by Crippen LogP contribution is 2.34. The summed E-state index contributed by atoms with van der Waals surface area (Å²) in [6, 6.07) is 21.1. The van der Waals surface area contributed by atoms with Crippen LogP contribution < -0.4 is 5.32 Å². The first kappa shape index (κ1) is 16.4. The summed E-state index contributed by atoms with van der Waals surface area (Å²) in [7, 11) is 0. The molecule has 0 saturated carbocycles. The van der Waals surface area contributed by atoms with Gasteiger partial charge in [0.15, 0.2) is 0 Å². The zero-order chi connectivity index (χ0) is 18.9. The molecule has 0 bridgehead atoms. The van der Waals surface area contributed by atoms with Gasteiger partial charge in [-0.15, -0.1) is 0 Å². The van der Waals surface area contributed by atoms with Gasteiger partial charge >= 0.3 is 0 Å². The second-order valence-corrected chi connectivity index (χ2v) is 6.66. The Labute approximate surface area is 162 Å². The molecule has 2 aromatic carbocycles. The van der Waals surface area contributed by atoms with Crippen LogP contribution in [-0.4, -0.2) is 20.6 Å². The van der Waals surface area contributed by atoms with Crippen molar-refractivity contribution in [1.82, 2.24) is 14.7 Å². The Bertz CT molecular complexity index is 1100. The Morgan fingerprint density at radius 1 is 1.00 bits per heavy atom. The largest absolute Gasteiger partial charge is 0.467 e. The molecule has 6 heteroatoms. The number of amides is 1. The fraction of sp³-hybridized carbons (Fsp3) is 0.0909. The number of carbonyl (C=O) groups is 1. The molecule has 6 nitrogen and oxygen atoms in total. The van der Waals surface area contributed by atoms with Gasteiger partial charge < -0.3 is 14.6 Å². The summed E-state index contributed by atoms with van der Waals surface area (Å²) in [5, 5.41) is 7.97. The molecule has 0 spiro atoms. The summed E-state index contributed by atoms with van der Waals surface area (Å²) in [6.07, 6.45) is 5.02. The third-order valence-corrected chi connectivity index (χ3v) is 4.87. The molecule has 4 aromatic rings. The number of hydrogen-bond acceptors (Lipinski definition) is 4. The van der Waals surface area contributed by atoms with Gasteiger partial charge in [0.25, 0.3) is 5.91 Å². The van der Waals surface area contributed by atoms with Crippen molar-refractivity contribution >= 4 is 11.6 Å². The molecule has 138 valence electrons. The van der Waals surface area contributed by atoms with Crippen LogP contribution in [0.5, 0.6) is 0 Å². The fourth-order valence-corrected chi connectivity index (χ4v) is 3.49. The average Bonchev–Trinajstić information content (AvgIpc) is 3.43. The third-order valence-electron chi connectivity index (χ3n) is 4.87. The van der Waals surface area contributed by atoms with Crippen molar-refractivity contribution in [2.75, 3.05) is 5.32 Å². The normalized spacial score (nSPS) is 15.9. The number of carbonyl (C=O) groups excluding carboxylic acids is 1. The number of anilines is 1. The number of hydrogen-bond donors (Lipinski definition) is 1. The van der Waals surface area contributed by atoms with Crippen LogP contribution in [-0.2, 0) is 6.54 Å². The second-order valence-electron chi connectivity index (χ2n) is 6.66. The van der Waals surface area contributed by atoms with E-state index >= 15 is 0 Å². The van der Waals surface area contributed by atoms with Crippen LogP contribution in [0.15, 0.2) is 89.8 Å². The predicted molar refractivity (Wildman–Crippen MR) is 105 cm³/mol. The molecule has 5 rings (SSSR count). The zero-order valence-electron chi connectivity index (χ0n) is 15.0. The van der Waals surface area contributed by atoms with E-state index < -0.39 is 0 Å². The molecule has 0 aliphatic carbocycles. The molecule has 0 radical (unpaired) electrons. The van der Waals surface area contributed by atoms with Crippen LogP contribution in [0.1, 0.15) is 27.8 Å². The minimum Gasteiger partial charge on any atom is -0.467 e. The first-order valence-corrected chi connectivity index (χ1v) is 9.08. The molecule has 3 heterocycles. The van der Waals surface area contributed by atoms with Crippen molar-refractivity contribution in [3.63, 3.8) is 0 Å². The number of benzene rings is 2. The highest BCUT2D eigenvalue weighted by Gasteiger charge is 2.34. The molecular formula is C22H18N4O2. The second kappa shape index (κ2) is 6.74. The van der Waals surface area contributed by atoms with Crippen molar-refractivity contribution in [3.05, 3.63) is 102 Å². The standard InChI is InChI=1S/C22H18N4O2/c27-22-19-10-4-5-11-20(19)24-21(25(22)15-18-9-6-12-28-18)16-13-23-26(14-16)17-7-2-1-3-8-17/h1-14,21,24H,15H2/t21-/m0/s1. The van der Waals surface area contributed by atoms with E-state index in [-0.39, 0.29) is 12.1 Å². The lowest BCUT2D eigenvalue weighted by Gasteiger charge is -2.37. The Balaban J connectivity index is 1.54. The van der Waals surface area contributed by atoms with Gasteiger partial charge in [0.2, 0.25) is 0 Å². The number of nitrogens with zero attached hydrogens (tertiary/aromatic N) is 3. The minimum absolute atomic E-state index is 0.0387. The van der Waals surface area contributed by atoms with E-state index in [2.05, 4.69) is 10.4 Å². The van der Waals surface area contributed by atoms with Gasteiger partial charge in [0, 0.05) is 17.4 Å². The molecule has 1 amide bonds. The van der Waals surface area contributed by atoms with Crippen molar-refractivity contribution < 1.29 is 9.21 Å². The quantitative estimate of drug-likeness (QED) is 0.584. The van der Waals surface area contributed by atoms with Gasteiger partial charge in [-0.25, -0.2) is 4.68 Å². The van der Waals surface area contributed by atoms with Crippen LogP contribution >= 0.6 is 0 Å². The molecule has 28 heavy (non-hydrogen) atoms. The Kier molecular flexibility index (Phi) is 3.94. The van der Waals surface area contributed by atoms with Gasteiger partial charge in [-0.1, -0.05) is 30.3 Å². The molecule has 2 aromatic heterocycles. The lowest BCUT2D eigenvalue weighted by atomic mass is 10.1. The van der Waals surface area contributed by atoms with E-state index in [1.54, 1.807) is 17.4 Å². The van der Waals surface area contributed by atoms with Crippen LogP contribution in [0.4, 0.5) is 5.69 Å². The highest BCUT2D eigenvalue weighted by molar-refractivity contribution is 6.01. The van der Waals surface area contributed by atoms with Gasteiger partial charge in [0.1, 0.15) is 11.9 Å². The lowest BCUT2D eigenvalue weighted by molar-refractivity contribution is 0.0651. The van der Waals surface area contributed by atoms with Crippen LogP contribution in [0.25, 0.3) is 5.69 Å². The monoisotopic (exact) mass is 370 g/mol. The summed E-state index contributed by atoms with van der Waals surface area (Å²) in [5.74, 6) is 0.693. The number of furan rings is 1. The van der Waals surface area contributed by atoms with Gasteiger partial charge in [-0.2, -0.15) is 5.10 Å². The van der Waals surface area contributed by atoms with Crippen molar-refractivity contribution in [2.45, 2.75) is 12.7 Å². The Morgan fingerprint density at radius 2 is 1.82 bits per heavy atom. The molecule has 0 fully saturated rings. The predicted octanol–water partition coefficient (Wildman–Crippen LogP) is 4.23. The van der Waals surface area contributed by atoms with Crippen LogP contribution in [0.2, 0.25) is 0 Å². The lowest BCUT2D eigenvalue weighted by Crippen LogP contribution is -2.42. The topological polar surface area (TPSA) is 63.3 Å². The third kappa shape index (κ3) is 2.85. The SMILES string of the molecule is O=C1c2ccccc2N[C@H](c2cnn(-c3ccccc3)c2)N1Cc1ccco1. The molecule has 1 aliphatic heterocycles. The van der Waals surface area contributed by atoms with E-state index in [1.807, 2.05) is 77.6 Å². The number of nitrogens with one attached hydrogen (secondary N) is 1. The van der Waals surface area contributed by atoms with E-state index in [1.165, 1.54) is 0 Å². The van der Waals surface area contributed by atoms with Gasteiger partial charge in [-0.05, 0) is 36.4 Å². The Hall–Kier alpha value is -3.80. The number of fused-ring (bicyclic) bond motifs is 1. The first-order chi connectivity index (χ1) is 13.8. The maximum atomic E-state index is 13.2. The maximum absolute atomic E-state index is 13.2. The summed E-state index contributed by atoms with van der Waals surface area (Å²) in [4.78, 5) is 15.0. The maximum Gasteiger partial charge on any atom is 0.258 e. The molecule has 1 aliphatic rings. The van der Waals surface area contributed by atoms with E-state index in [0.29, 0.717) is 12.1 Å².